The zero-order chi connectivity index (χ0) is 12.1. The quantitative estimate of drug-likeness (QED) is 0.725. The van der Waals surface area contributed by atoms with Gasteiger partial charge in [0.25, 0.3) is 5.91 Å². The molecule has 0 aliphatic heterocycles. The highest BCUT2D eigenvalue weighted by Gasteiger charge is 2.17. The fraction of sp³-hybridized carbons (Fsp3) is 0.364. The first-order valence-corrected chi connectivity index (χ1v) is 4.68. The molecule has 16 heavy (non-hydrogen) atoms. The second-order valence-electron chi connectivity index (χ2n) is 3.05. The minimum atomic E-state index is -0.276. The number of hydroxylamine groups is 2. The Kier molecular flexibility index (Phi) is 4.13. The molecule has 0 aromatic heterocycles. The molecule has 5 heteroatoms. The Morgan fingerprint density at radius 2 is 1.88 bits per heavy atom. The van der Waals surface area contributed by atoms with Gasteiger partial charge in [0, 0.05) is 13.1 Å². The summed E-state index contributed by atoms with van der Waals surface area (Å²) in [4.78, 5) is 16.7. The molecule has 0 aliphatic rings. The molecule has 0 heterocycles. The van der Waals surface area contributed by atoms with E-state index in [0.29, 0.717) is 17.1 Å². The van der Waals surface area contributed by atoms with E-state index < -0.39 is 0 Å². The lowest BCUT2D eigenvalue weighted by Gasteiger charge is -2.16. The van der Waals surface area contributed by atoms with Crippen molar-refractivity contribution in [3.05, 3.63) is 23.8 Å². The number of ether oxygens (including phenoxy) is 2. The van der Waals surface area contributed by atoms with Crippen LogP contribution in [0.3, 0.4) is 0 Å². The largest absolute Gasteiger partial charge is 0.497 e. The first-order valence-electron chi connectivity index (χ1n) is 4.68. The smallest absolute Gasteiger partial charge is 0.280 e. The molecule has 1 aromatic rings. The van der Waals surface area contributed by atoms with Crippen molar-refractivity contribution in [1.82, 2.24) is 5.06 Å². The van der Waals surface area contributed by atoms with Crippen molar-refractivity contribution in [2.24, 2.45) is 0 Å². The monoisotopic (exact) mass is 225 g/mol. The van der Waals surface area contributed by atoms with Crippen LogP contribution in [-0.4, -0.2) is 39.3 Å². The van der Waals surface area contributed by atoms with Crippen LogP contribution in [0.1, 0.15) is 10.4 Å². The van der Waals surface area contributed by atoms with E-state index in [4.69, 9.17) is 14.3 Å². The Labute approximate surface area is 94.5 Å². The first kappa shape index (κ1) is 12.3. The van der Waals surface area contributed by atoms with Crippen LogP contribution in [0.4, 0.5) is 0 Å². The molecule has 0 radical (unpaired) electrons. The average molecular weight is 225 g/mol. The Bertz CT molecular complexity index is 378. The molecule has 0 spiro atoms. The molecule has 0 atom stereocenters. The normalized spacial score (nSPS) is 9.75. The minimum absolute atomic E-state index is 0.276. The van der Waals surface area contributed by atoms with E-state index in [0.717, 1.165) is 5.06 Å². The SMILES string of the molecule is COc1ccc(C(=O)N(C)OC)c(OC)c1. The lowest BCUT2D eigenvalue weighted by Crippen LogP contribution is -2.25. The number of rotatable bonds is 4. The van der Waals surface area contributed by atoms with E-state index in [-0.39, 0.29) is 5.91 Å². The number of carbonyl (C=O) groups excluding carboxylic acids is 1. The summed E-state index contributed by atoms with van der Waals surface area (Å²) in [5.41, 5.74) is 0.424. The van der Waals surface area contributed by atoms with Crippen molar-refractivity contribution >= 4 is 5.91 Å². The van der Waals surface area contributed by atoms with Crippen LogP contribution in [0, 0.1) is 0 Å². The van der Waals surface area contributed by atoms with Crippen LogP contribution in [0.5, 0.6) is 11.5 Å². The molecule has 0 aliphatic carbocycles. The van der Waals surface area contributed by atoms with Gasteiger partial charge in [-0.15, -0.1) is 0 Å². The van der Waals surface area contributed by atoms with Crippen molar-refractivity contribution in [3.8, 4) is 11.5 Å². The molecule has 1 rings (SSSR count). The second-order valence-corrected chi connectivity index (χ2v) is 3.05. The highest BCUT2D eigenvalue weighted by Crippen LogP contribution is 2.25. The standard InChI is InChI=1S/C11H15NO4/c1-12(16-4)11(13)9-6-5-8(14-2)7-10(9)15-3/h5-7H,1-4H3. The van der Waals surface area contributed by atoms with E-state index in [2.05, 4.69) is 0 Å². The molecular weight excluding hydrogens is 210 g/mol. The van der Waals surface area contributed by atoms with Gasteiger partial charge in [-0.2, -0.15) is 0 Å². The summed E-state index contributed by atoms with van der Waals surface area (Å²) < 4.78 is 10.2. The second kappa shape index (κ2) is 5.37. The number of benzene rings is 1. The predicted octanol–water partition coefficient (Wildman–Crippen LogP) is 1.34. The van der Waals surface area contributed by atoms with Crippen LogP contribution in [0.15, 0.2) is 18.2 Å². The van der Waals surface area contributed by atoms with Gasteiger partial charge in [0.15, 0.2) is 0 Å². The number of hydrogen-bond donors (Lipinski definition) is 0. The average Bonchev–Trinajstić information content (AvgIpc) is 2.35. The number of nitrogens with zero attached hydrogens (tertiary/aromatic N) is 1. The molecule has 0 unspecified atom stereocenters. The lowest BCUT2D eigenvalue weighted by molar-refractivity contribution is -0.0758. The van der Waals surface area contributed by atoms with Gasteiger partial charge >= 0.3 is 0 Å². The molecular formula is C11H15NO4. The third-order valence-electron chi connectivity index (χ3n) is 2.20. The van der Waals surface area contributed by atoms with E-state index in [9.17, 15) is 4.79 Å². The van der Waals surface area contributed by atoms with Crippen LogP contribution < -0.4 is 9.47 Å². The van der Waals surface area contributed by atoms with Gasteiger partial charge in [0.1, 0.15) is 11.5 Å². The van der Waals surface area contributed by atoms with Crippen molar-refractivity contribution in [2.75, 3.05) is 28.4 Å². The minimum Gasteiger partial charge on any atom is -0.497 e. The maximum atomic E-state index is 11.8. The Balaban J connectivity index is 3.08. The summed E-state index contributed by atoms with van der Waals surface area (Å²) in [5.74, 6) is 0.809. The molecule has 88 valence electrons. The zero-order valence-corrected chi connectivity index (χ0v) is 9.81. The Morgan fingerprint density at radius 1 is 1.19 bits per heavy atom. The predicted molar refractivity (Wildman–Crippen MR) is 58.6 cm³/mol. The van der Waals surface area contributed by atoms with Gasteiger partial charge in [-0.05, 0) is 12.1 Å². The number of hydrogen-bond acceptors (Lipinski definition) is 4. The van der Waals surface area contributed by atoms with Crippen molar-refractivity contribution in [3.63, 3.8) is 0 Å². The summed E-state index contributed by atoms with van der Waals surface area (Å²) in [6.07, 6.45) is 0. The van der Waals surface area contributed by atoms with Crippen LogP contribution in [0.25, 0.3) is 0 Å². The molecule has 0 bridgehead atoms. The summed E-state index contributed by atoms with van der Waals surface area (Å²) in [6.45, 7) is 0. The fourth-order valence-electron chi connectivity index (χ4n) is 1.23. The van der Waals surface area contributed by atoms with E-state index in [1.807, 2.05) is 0 Å². The molecule has 0 fully saturated rings. The number of methoxy groups -OCH3 is 2. The highest BCUT2D eigenvalue weighted by molar-refractivity contribution is 5.96. The van der Waals surface area contributed by atoms with Crippen molar-refractivity contribution < 1.29 is 19.1 Å². The summed E-state index contributed by atoms with van der Waals surface area (Å²) in [6, 6.07) is 4.98. The maximum absolute atomic E-state index is 11.8. The molecule has 1 amide bonds. The summed E-state index contributed by atoms with van der Waals surface area (Å²) in [5, 5.41) is 1.13. The third-order valence-corrected chi connectivity index (χ3v) is 2.20. The van der Waals surface area contributed by atoms with Gasteiger partial charge in [-0.25, -0.2) is 5.06 Å². The zero-order valence-electron chi connectivity index (χ0n) is 9.81. The van der Waals surface area contributed by atoms with Gasteiger partial charge in [-0.1, -0.05) is 0 Å². The topological polar surface area (TPSA) is 48.0 Å². The third kappa shape index (κ3) is 2.43. The molecule has 0 N–H and O–H groups in total. The van der Waals surface area contributed by atoms with Gasteiger partial charge in [-0.3, -0.25) is 9.63 Å². The van der Waals surface area contributed by atoms with Gasteiger partial charge < -0.3 is 9.47 Å². The van der Waals surface area contributed by atoms with Crippen molar-refractivity contribution in [2.45, 2.75) is 0 Å². The van der Waals surface area contributed by atoms with E-state index >= 15 is 0 Å². The maximum Gasteiger partial charge on any atom is 0.280 e. The number of amides is 1. The summed E-state index contributed by atoms with van der Waals surface area (Å²) >= 11 is 0. The highest BCUT2D eigenvalue weighted by atomic mass is 16.7. The number of carbonyl (C=O) groups is 1. The Hall–Kier alpha value is -1.75. The summed E-state index contributed by atoms with van der Waals surface area (Å²) in [7, 11) is 6.01. The van der Waals surface area contributed by atoms with Crippen molar-refractivity contribution in [1.29, 1.82) is 0 Å². The Morgan fingerprint density at radius 3 is 2.38 bits per heavy atom. The lowest BCUT2D eigenvalue weighted by atomic mass is 10.2. The van der Waals surface area contributed by atoms with Crippen LogP contribution >= 0.6 is 0 Å². The fourth-order valence-corrected chi connectivity index (χ4v) is 1.23. The van der Waals surface area contributed by atoms with E-state index in [1.54, 1.807) is 25.3 Å². The van der Waals surface area contributed by atoms with Gasteiger partial charge in [0.2, 0.25) is 0 Å². The molecule has 0 saturated heterocycles. The van der Waals surface area contributed by atoms with Crippen LogP contribution in [-0.2, 0) is 4.84 Å². The first-order chi connectivity index (χ1) is 7.63. The van der Waals surface area contributed by atoms with Gasteiger partial charge in [0.05, 0.1) is 26.9 Å². The van der Waals surface area contributed by atoms with Crippen LogP contribution in [0.2, 0.25) is 0 Å². The molecule has 0 saturated carbocycles. The molecule has 1 aromatic carbocycles. The van der Waals surface area contributed by atoms with E-state index in [1.165, 1.54) is 21.3 Å². The molecule has 5 nitrogen and oxygen atoms in total.